The van der Waals surface area contributed by atoms with E-state index in [1.165, 1.54) is 0 Å². The summed E-state index contributed by atoms with van der Waals surface area (Å²) in [6.07, 6.45) is 0.0158. The third-order valence-corrected chi connectivity index (χ3v) is 3.38. The van der Waals surface area contributed by atoms with Crippen LogP contribution in [0.15, 0.2) is 84.9 Å². The molecule has 3 aromatic carbocycles. The van der Waals surface area contributed by atoms with E-state index in [0.29, 0.717) is 0 Å². The van der Waals surface area contributed by atoms with Crippen LogP contribution < -0.4 is 9.47 Å². The van der Waals surface area contributed by atoms with Crippen LogP contribution in [0.1, 0.15) is 18.6 Å². The van der Waals surface area contributed by atoms with Crippen molar-refractivity contribution in [3.05, 3.63) is 90.5 Å². The zero-order chi connectivity index (χ0) is 15.2. The van der Waals surface area contributed by atoms with Crippen molar-refractivity contribution in [3.8, 4) is 17.2 Å². The number of hydrogen-bond donors (Lipinski definition) is 0. The lowest BCUT2D eigenvalue weighted by atomic mass is 10.1. The molecule has 1 unspecified atom stereocenters. The van der Waals surface area contributed by atoms with Crippen LogP contribution in [-0.2, 0) is 0 Å². The van der Waals surface area contributed by atoms with E-state index in [9.17, 15) is 0 Å². The molecule has 0 radical (unpaired) electrons. The van der Waals surface area contributed by atoms with Gasteiger partial charge in [-0.15, -0.1) is 0 Å². The lowest BCUT2D eigenvalue weighted by Crippen LogP contribution is -2.02. The zero-order valence-electron chi connectivity index (χ0n) is 12.5. The molecular weight excluding hydrogens is 272 g/mol. The second-order valence-corrected chi connectivity index (χ2v) is 5.06. The quantitative estimate of drug-likeness (QED) is 0.607. The summed E-state index contributed by atoms with van der Waals surface area (Å²) in [5.41, 5.74) is 1.16. The number of hydrogen-bond acceptors (Lipinski definition) is 2. The summed E-state index contributed by atoms with van der Waals surface area (Å²) in [6, 6.07) is 27.6. The highest BCUT2D eigenvalue weighted by atomic mass is 16.5. The first-order valence-electron chi connectivity index (χ1n) is 7.36. The van der Waals surface area contributed by atoms with Crippen molar-refractivity contribution in [2.24, 2.45) is 0 Å². The van der Waals surface area contributed by atoms with E-state index < -0.39 is 0 Å². The van der Waals surface area contributed by atoms with Gasteiger partial charge in [0.05, 0.1) is 0 Å². The molecule has 0 aliphatic carbocycles. The summed E-state index contributed by atoms with van der Waals surface area (Å²) in [5, 5.41) is 0. The second-order valence-electron chi connectivity index (χ2n) is 5.06. The van der Waals surface area contributed by atoms with Gasteiger partial charge in [0.15, 0.2) is 0 Å². The Bertz CT molecular complexity index is 691. The largest absolute Gasteiger partial charge is 0.486 e. The van der Waals surface area contributed by atoms with Crippen molar-refractivity contribution in [2.45, 2.75) is 13.0 Å². The maximum Gasteiger partial charge on any atom is 0.127 e. The van der Waals surface area contributed by atoms with Gasteiger partial charge >= 0.3 is 0 Å². The molecule has 0 spiro atoms. The Morgan fingerprint density at radius 1 is 0.591 bits per heavy atom. The first-order valence-corrected chi connectivity index (χ1v) is 7.36. The lowest BCUT2D eigenvalue weighted by Gasteiger charge is -2.15. The van der Waals surface area contributed by atoms with Crippen molar-refractivity contribution in [1.29, 1.82) is 0 Å². The third kappa shape index (κ3) is 3.67. The Hall–Kier alpha value is -2.74. The molecule has 0 aromatic heterocycles. The fourth-order valence-electron chi connectivity index (χ4n) is 2.21. The van der Waals surface area contributed by atoms with Gasteiger partial charge in [-0.1, -0.05) is 48.5 Å². The molecule has 0 N–H and O–H groups in total. The predicted octanol–water partition coefficient (Wildman–Crippen LogP) is 5.62. The maximum atomic E-state index is 5.95. The van der Waals surface area contributed by atoms with E-state index in [4.69, 9.17) is 9.47 Å². The fraction of sp³-hybridized carbons (Fsp3) is 0.100. The van der Waals surface area contributed by atoms with Crippen LogP contribution in [0.2, 0.25) is 0 Å². The van der Waals surface area contributed by atoms with Gasteiger partial charge in [0, 0.05) is 0 Å². The van der Waals surface area contributed by atoms with Crippen LogP contribution in [-0.4, -0.2) is 0 Å². The molecule has 1 atom stereocenters. The minimum absolute atomic E-state index is 0.0158. The lowest BCUT2D eigenvalue weighted by molar-refractivity contribution is 0.226. The van der Waals surface area contributed by atoms with Crippen LogP contribution in [0.3, 0.4) is 0 Å². The molecule has 2 heteroatoms. The van der Waals surface area contributed by atoms with Gasteiger partial charge in [-0.05, 0) is 48.9 Å². The molecule has 0 bridgehead atoms. The third-order valence-electron chi connectivity index (χ3n) is 3.38. The van der Waals surface area contributed by atoms with Crippen molar-refractivity contribution in [3.63, 3.8) is 0 Å². The number of benzene rings is 3. The van der Waals surface area contributed by atoms with Crippen molar-refractivity contribution < 1.29 is 9.47 Å². The molecule has 0 heterocycles. The summed E-state index contributed by atoms with van der Waals surface area (Å²) in [4.78, 5) is 0. The van der Waals surface area contributed by atoms with Crippen LogP contribution in [0.4, 0.5) is 0 Å². The van der Waals surface area contributed by atoms with Crippen LogP contribution in [0, 0.1) is 0 Å². The number of rotatable bonds is 5. The standard InChI is InChI=1S/C20H18O2/c1-16(17-8-4-2-5-9-17)21-19-12-14-20(15-13-19)22-18-10-6-3-7-11-18/h2-16H,1H3. The molecule has 0 fully saturated rings. The van der Waals surface area contributed by atoms with Gasteiger partial charge in [0.2, 0.25) is 0 Å². The van der Waals surface area contributed by atoms with Crippen molar-refractivity contribution in [1.82, 2.24) is 0 Å². The summed E-state index contributed by atoms with van der Waals surface area (Å²) < 4.78 is 11.7. The van der Waals surface area contributed by atoms with Crippen LogP contribution in [0.5, 0.6) is 17.2 Å². The van der Waals surface area contributed by atoms with E-state index >= 15 is 0 Å². The second kappa shape index (κ2) is 6.81. The normalized spacial score (nSPS) is 11.7. The molecule has 3 rings (SSSR count). The molecule has 0 amide bonds. The molecule has 22 heavy (non-hydrogen) atoms. The predicted molar refractivity (Wildman–Crippen MR) is 88.4 cm³/mol. The Labute approximate surface area is 131 Å². The highest BCUT2D eigenvalue weighted by Gasteiger charge is 2.06. The summed E-state index contributed by atoms with van der Waals surface area (Å²) >= 11 is 0. The van der Waals surface area contributed by atoms with Gasteiger partial charge < -0.3 is 9.47 Å². The zero-order valence-corrected chi connectivity index (χ0v) is 12.5. The Morgan fingerprint density at radius 3 is 1.73 bits per heavy atom. The first kappa shape index (κ1) is 14.2. The molecule has 2 nitrogen and oxygen atoms in total. The van der Waals surface area contributed by atoms with Gasteiger partial charge in [0.1, 0.15) is 23.4 Å². The average Bonchev–Trinajstić information content (AvgIpc) is 2.58. The van der Waals surface area contributed by atoms with E-state index in [-0.39, 0.29) is 6.10 Å². The van der Waals surface area contributed by atoms with Gasteiger partial charge in [0.25, 0.3) is 0 Å². The summed E-state index contributed by atoms with van der Waals surface area (Å²) in [5.74, 6) is 2.46. The SMILES string of the molecule is CC(Oc1ccc(Oc2ccccc2)cc1)c1ccccc1. The first-order chi connectivity index (χ1) is 10.8. The number of para-hydroxylation sites is 1. The molecule has 0 aliphatic heterocycles. The molecule has 3 aromatic rings. The van der Waals surface area contributed by atoms with E-state index in [2.05, 4.69) is 12.1 Å². The Morgan fingerprint density at radius 2 is 1.09 bits per heavy atom. The highest BCUT2D eigenvalue weighted by molar-refractivity contribution is 5.35. The van der Waals surface area contributed by atoms with Crippen molar-refractivity contribution >= 4 is 0 Å². The van der Waals surface area contributed by atoms with Gasteiger partial charge in [-0.3, -0.25) is 0 Å². The molecule has 0 aliphatic rings. The van der Waals surface area contributed by atoms with Gasteiger partial charge in [-0.2, -0.15) is 0 Å². The minimum atomic E-state index is 0.0158. The fourth-order valence-corrected chi connectivity index (χ4v) is 2.21. The van der Waals surface area contributed by atoms with Gasteiger partial charge in [-0.25, -0.2) is 0 Å². The smallest absolute Gasteiger partial charge is 0.127 e. The molecular formula is C20H18O2. The monoisotopic (exact) mass is 290 g/mol. The Balaban J connectivity index is 1.64. The Kier molecular flexibility index (Phi) is 4.40. The molecule has 0 saturated carbocycles. The maximum absolute atomic E-state index is 5.95. The number of ether oxygens (including phenoxy) is 2. The minimum Gasteiger partial charge on any atom is -0.486 e. The molecule has 0 saturated heterocycles. The molecule has 110 valence electrons. The van der Waals surface area contributed by atoms with Crippen molar-refractivity contribution in [2.75, 3.05) is 0 Å². The summed E-state index contributed by atoms with van der Waals surface area (Å²) in [7, 11) is 0. The summed E-state index contributed by atoms with van der Waals surface area (Å²) in [6.45, 7) is 2.05. The van der Waals surface area contributed by atoms with E-state index in [0.717, 1.165) is 22.8 Å². The van der Waals surface area contributed by atoms with Crippen LogP contribution in [0.25, 0.3) is 0 Å². The average molecular weight is 290 g/mol. The van der Waals surface area contributed by atoms with E-state index in [1.54, 1.807) is 0 Å². The topological polar surface area (TPSA) is 18.5 Å². The van der Waals surface area contributed by atoms with Crippen LogP contribution >= 0.6 is 0 Å². The highest BCUT2D eigenvalue weighted by Crippen LogP contribution is 2.26. The van der Waals surface area contributed by atoms with E-state index in [1.807, 2.05) is 79.7 Å².